The molecule has 0 fully saturated rings. The second-order valence-corrected chi connectivity index (χ2v) is 4.24. The Morgan fingerprint density at radius 2 is 2.31 bits per heavy atom. The molecule has 0 bridgehead atoms. The maximum atomic E-state index is 11.9. The van der Waals surface area contributed by atoms with Crippen molar-refractivity contribution in [1.82, 2.24) is 4.98 Å². The van der Waals surface area contributed by atoms with Gasteiger partial charge in [-0.25, -0.2) is 4.98 Å². The van der Waals surface area contributed by atoms with E-state index in [0.29, 0.717) is 16.4 Å². The number of aromatic nitrogens is 1. The van der Waals surface area contributed by atoms with E-state index in [9.17, 15) is 4.79 Å². The highest BCUT2D eigenvalue weighted by molar-refractivity contribution is 7.12. The number of amides is 1. The van der Waals surface area contributed by atoms with Crippen LogP contribution in [0.1, 0.15) is 15.2 Å². The molecule has 2 heterocycles. The summed E-state index contributed by atoms with van der Waals surface area (Å²) in [5, 5.41) is 4.57. The van der Waals surface area contributed by atoms with Crippen LogP contribution in [0.25, 0.3) is 0 Å². The fourth-order valence-corrected chi connectivity index (χ4v) is 2.11. The first-order chi connectivity index (χ1) is 7.68. The van der Waals surface area contributed by atoms with Crippen molar-refractivity contribution in [2.75, 3.05) is 11.1 Å². The van der Waals surface area contributed by atoms with Crippen molar-refractivity contribution >= 4 is 28.7 Å². The van der Waals surface area contributed by atoms with Gasteiger partial charge in [0.15, 0.2) is 5.82 Å². The Morgan fingerprint density at radius 3 is 2.94 bits per heavy atom. The van der Waals surface area contributed by atoms with Gasteiger partial charge in [0, 0.05) is 6.20 Å². The summed E-state index contributed by atoms with van der Waals surface area (Å²) in [7, 11) is 0. The molecule has 0 aliphatic heterocycles. The van der Waals surface area contributed by atoms with Crippen molar-refractivity contribution in [3.8, 4) is 0 Å². The lowest BCUT2D eigenvalue weighted by atomic mass is 10.3. The molecule has 2 aromatic heterocycles. The van der Waals surface area contributed by atoms with Crippen LogP contribution < -0.4 is 11.1 Å². The molecule has 5 heteroatoms. The second-order valence-electron chi connectivity index (χ2n) is 3.33. The standard InChI is InChI=1S/C11H11N3OS/c1-7-4-6-16-9(7)11(15)14-10-8(12)3-2-5-13-10/h2-6H,12H2,1H3,(H,13,14,15). The summed E-state index contributed by atoms with van der Waals surface area (Å²) in [5.41, 5.74) is 7.11. The van der Waals surface area contributed by atoms with Gasteiger partial charge in [0.05, 0.1) is 10.6 Å². The van der Waals surface area contributed by atoms with E-state index in [2.05, 4.69) is 10.3 Å². The molecule has 3 N–H and O–H groups in total. The first kappa shape index (κ1) is 10.6. The van der Waals surface area contributed by atoms with Gasteiger partial charge in [0.2, 0.25) is 0 Å². The Morgan fingerprint density at radius 1 is 1.50 bits per heavy atom. The summed E-state index contributed by atoms with van der Waals surface area (Å²) < 4.78 is 0. The molecule has 2 rings (SSSR count). The number of carbonyl (C=O) groups is 1. The molecule has 2 aromatic rings. The van der Waals surface area contributed by atoms with E-state index in [4.69, 9.17) is 5.73 Å². The molecule has 0 radical (unpaired) electrons. The van der Waals surface area contributed by atoms with E-state index < -0.39 is 0 Å². The highest BCUT2D eigenvalue weighted by atomic mass is 32.1. The molecule has 0 aliphatic carbocycles. The average molecular weight is 233 g/mol. The predicted octanol–water partition coefficient (Wildman–Crippen LogP) is 2.29. The summed E-state index contributed by atoms with van der Waals surface area (Å²) in [6.45, 7) is 1.90. The number of nitrogens with one attached hydrogen (secondary N) is 1. The lowest BCUT2D eigenvalue weighted by molar-refractivity contribution is 0.102. The number of carbonyl (C=O) groups excluding carboxylic acids is 1. The monoisotopic (exact) mass is 233 g/mol. The lowest BCUT2D eigenvalue weighted by Gasteiger charge is -2.05. The van der Waals surface area contributed by atoms with E-state index in [1.165, 1.54) is 11.3 Å². The van der Waals surface area contributed by atoms with Crippen LogP contribution in [0.4, 0.5) is 11.5 Å². The van der Waals surface area contributed by atoms with Gasteiger partial charge in [-0.2, -0.15) is 0 Å². The molecule has 0 aliphatic rings. The zero-order valence-electron chi connectivity index (χ0n) is 8.73. The van der Waals surface area contributed by atoms with Crippen LogP contribution in [0.5, 0.6) is 0 Å². The Bertz CT molecular complexity index is 521. The Labute approximate surface area is 97.1 Å². The van der Waals surface area contributed by atoms with E-state index >= 15 is 0 Å². The Hall–Kier alpha value is -1.88. The van der Waals surface area contributed by atoms with Crippen molar-refractivity contribution in [2.24, 2.45) is 0 Å². The molecular weight excluding hydrogens is 222 g/mol. The lowest BCUT2D eigenvalue weighted by Crippen LogP contribution is -2.13. The van der Waals surface area contributed by atoms with Crippen LogP contribution in [0, 0.1) is 6.92 Å². The maximum absolute atomic E-state index is 11.9. The van der Waals surface area contributed by atoms with Gasteiger partial charge in [-0.15, -0.1) is 11.3 Å². The molecule has 0 saturated heterocycles. The van der Waals surface area contributed by atoms with Crippen LogP contribution in [-0.2, 0) is 0 Å². The number of hydrogen-bond donors (Lipinski definition) is 2. The number of anilines is 2. The van der Waals surface area contributed by atoms with Gasteiger partial charge in [-0.1, -0.05) is 0 Å². The number of rotatable bonds is 2. The summed E-state index contributed by atoms with van der Waals surface area (Å²) in [6.07, 6.45) is 1.59. The van der Waals surface area contributed by atoms with Crippen LogP contribution >= 0.6 is 11.3 Å². The molecule has 0 unspecified atom stereocenters. The summed E-state index contributed by atoms with van der Waals surface area (Å²) in [6, 6.07) is 5.33. The maximum Gasteiger partial charge on any atom is 0.267 e. The normalized spacial score (nSPS) is 10.1. The van der Waals surface area contributed by atoms with Crippen LogP contribution in [0.15, 0.2) is 29.8 Å². The number of aryl methyl sites for hydroxylation is 1. The molecule has 0 spiro atoms. The molecule has 0 saturated carbocycles. The Kier molecular flexibility index (Phi) is 2.87. The van der Waals surface area contributed by atoms with E-state index in [1.54, 1.807) is 18.3 Å². The average Bonchev–Trinajstić information content (AvgIpc) is 2.68. The highest BCUT2D eigenvalue weighted by Crippen LogP contribution is 2.19. The number of pyridine rings is 1. The number of nitrogens with two attached hydrogens (primary N) is 1. The number of hydrogen-bond acceptors (Lipinski definition) is 4. The number of nitrogens with zero attached hydrogens (tertiary/aromatic N) is 1. The SMILES string of the molecule is Cc1ccsc1C(=O)Nc1ncccc1N. The summed E-state index contributed by atoms with van der Waals surface area (Å²) in [4.78, 5) is 16.5. The van der Waals surface area contributed by atoms with Crippen molar-refractivity contribution in [3.05, 3.63) is 40.2 Å². The third kappa shape index (κ3) is 2.04. The summed E-state index contributed by atoms with van der Waals surface area (Å²) >= 11 is 1.40. The largest absolute Gasteiger partial charge is 0.396 e. The van der Waals surface area contributed by atoms with E-state index in [-0.39, 0.29) is 5.91 Å². The molecule has 82 valence electrons. The zero-order chi connectivity index (χ0) is 11.5. The van der Waals surface area contributed by atoms with E-state index in [1.807, 2.05) is 18.4 Å². The predicted molar refractivity (Wildman–Crippen MR) is 65.7 cm³/mol. The van der Waals surface area contributed by atoms with Crippen molar-refractivity contribution in [1.29, 1.82) is 0 Å². The van der Waals surface area contributed by atoms with Crippen molar-refractivity contribution in [3.63, 3.8) is 0 Å². The van der Waals surface area contributed by atoms with Crippen molar-refractivity contribution < 1.29 is 4.79 Å². The van der Waals surface area contributed by atoms with Gasteiger partial charge in [-0.05, 0) is 36.1 Å². The topological polar surface area (TPSA) is 68.0 Å². The van der Waals surface area contributed by atoms with E-state index in [0.717, 1.165) is 5.56 Å². The van der Waals surface area contributed by atoms with Gasteiger partial charge in [-0.3, -0.25) is 4.79 Å². The second kappa shape index (κ2) is 4.32. The van der Waals surface area contributed by atoms with Gasteiger partial charge < -0.3 is 11.1 Å². The molecule has 0 aromatic carbocycles. The van der Waals surface area contributed by atoms with Gasteiger partial charge in [0.1, 0.15) is 0 Å². The van der Waals surface area contributed by atoms with Crippen LogP contribution in [-0.4, -0.2) is 10.9 Å². The Balaban J connectivity index is 2.21. The van der Waals surface area contributed by atoms with Crippen LogP contribution in [0.2, 0.25) is 0 Å². The third-order valence-corrected chi connectivity index (χ3v) is 3.15. The minimum Gasteiger partial charge on any atom is -0.396 e. The number of thiophene rings is 1. The third-order valence-electron chi connectivity index (χ3n) is 2.14. The molecule has 1 amide bonds. The van der Waals surface area contributed by atoms with Gasteiger partial charge >= 0.3 is 0 Å². The smallest absolute Gasteiger partial charge is 0.267 e. The zero-order valence-corrected chi connectivity index (χ0v) is 9.54. The van der Waals surface area contributed by atoms with Crippen molar-refractivity contribution in [2.45, 2.75) is 6.92 Å². The van der Waals surface area contributed by atoms with Gasteiger partial charge in [0.25, 0.3) is 5.91 Å². The highest BCUT2D eigenvalue weighted by Gasteiger charge is 2.12. The molecule has 4 nitrogen and oxygen atoms in total. The molecular formula is C11H11N3OS. The molecule has 0 atom stereocenters. The minimum absolute atomic E-state index is 0.169. The summed E-state index contributed by atoms with van der Waals surface area (Å²) in [5.74, 6) is 0.234. The first-order valence-corrected chi connectivity index (χ1v) is 5.62. The molecule has 16 heavy (non-hydrogen) atoms. The van der Waals surface area contributed by atoms with Crippen LogP contribution in [0.3, 0.4) is 0 Å². The first-order valence-electron chi connectivity index (χ1n) is 4.74. The minimum atomic E-state index is -0.169. The fourth-order valence-electron chi connectivity index (χ4n) is 1.29. The number of nitrogen functional groups attached to an aromatic ring is 1. The quantitative estimate of drug-likeness (QED) is 0.836. The fraction of sp³-hybridized carbons (Fsp3) is 0.0909.